The van der Waals surface area contributed by atoms with E-state index >= 15 is 0 Å². The summed E-state index contributed by atoms with van der Waals surface area (Å²) in [4.78, 5) is 25.6. The number of amides is 2. The predicted molar refractivity (Wildman–Crippen MR) is 76.2 cm³/mol. The minimum Gasteiger partial charge on any atom is -0.350 e. The van der Waals surface area contributed by atoms with Gasteiger partial charge in [-0.1, -0.05) is 18.2 Å². The summed E-state index contributed by atoms with van der Waals surface area (Å²) in [5.74, 6) is -0.0691. The van der Waals surface area contributed by atoms with Crippen LogP contribution in [-0.4, -0.2) is 33.5 Å². The number of aromatic nitrogens is 2. The highest BCUT2D eigenvalue weighted by atomic mass is 16.2. The van der Waals surface area contributed by atoms with Crippen LogP contribution in [0.2, 0.25) is 0 Å². The number of aromatic amines is 1. The van der Waals surface area contributed by atoms with Gasteiger partial charge in [-0.3, -0.25) is 14.7 Å². The molecule has 2 amide bonds. The molecule has 6 heteroatoms. The Morgan fingerprint density at radius 2 is 2.19 bits per heavy atom. The molecule has 0 saturated carbocycles. The van der Waals surface area contributed by atoms with Crippen LogP contribution in [0.3, 0.4) is 0 Å². The van der Waals surface area contributed by atoms with Crippen LogP contribution < -0.4 is 5.32 Å². The zero-order valence-electron chi connectivity index (χ0n) is 11.5. The number of H-pyrrole nitrogens is 1. The molecule has 21 heavy (non-hydrogen) atoms. The lowest BCUT2D eigenvalue weighted by Crippen LogP contribution is -2.31. The van der Waals surface area contributed by atoms with E-state index in [0.717, 1.165) is 16.8 Å². The summed E-state index contributed by atoms with van der Waals surface area (Å²) < 4.78 is 0. The van der Waals surface area contributed by atoms with Gasteiger partial charge in [0.2, 0.25) is 5.91 Å². The van der Waals surface area contributed by atoms with E-state index in [9.17, 15) is 9.59 Å². The first-order valence-corrected chi connectivity index (χ1v) is 6.86. The molecule has 0 unspecified atom stereocenters. The quantitative estimate of drug-likeness (QED) is 0.862. The van der Waals surface area contributed by atoms with Crippen molar-refractivity contribution in [1.82, 2.24) is 20.4 Å². The van der Waals surface area contributed by atoms with E-state index in [1.165, 1.54) is 0 Å². The molecule has 0 spiro atoms. The Balaban J connectivity index is 1.48. The zero-order chi connectivity index (χ0) is 14.7. The maximum Gasteiger partial charge on any atom is 0.254 e. The standard InChI is InChI=1S/C15H16N4O2/c20-14(16-9-12-5-7-17-18-12)6-8-19-10-11-3-1-2-4-13(11)15(19)21/h1-5,7H,6,8-10H2,(H,16,20)(H,17,18). The van der Waals surface area contributed by atoms with E-state index in [1.807, 2.05) is 24.3 Å². The lowest BCUT2D eigenvalue weighted by molar-refractivity contribution is -0.121. The van der Waals surface area contributed by atoms with Gasteiger partial charge >= 0.3 is 0 Å². The van der Waals surface area contributed by atoms with Crippen LogP contribution in [0.4, 0.5) is 0 Å². The van der Waals surface area contributed by atoms with Crippen molar-refractivity contribution in [2.45, 2.75) is 19.5 Å². The van der Waals surface area contributed by atoms with Crippen LogP contribution in [0.5, 0.6) is 0 Å². The average Bonchev–Trinajstić information content (AvgIpc) is 3.12. The molecule has 1 aliphatic rings. The van der Waals surface area contributed by atoms with Gasteiger partial charge in [0.05, 0.1) is 12.2 Å². The number of carbonyl (C=O) groups is 2. The van der Waals surface area contributed by atoms with Crippen LogP contribution in [-0.2, 0) is 17.9 Å². The molecule has 3 rings (SSSR count). The van der Waals surface area contributed by atoms with Crippen LogP contribution in [0.25, 0.3) is 0 Å². The van der Waals surface area contributed by atoms with E-state index in [-0.39, 0.29) is 11.8 Å². The predicted octanol–water partition coefficient (Wildman–Crippen LogP) is 1.07. The van der Waals surface area contributed by atoms with Crippen molar-refractivity contribution in [2.75, 3.05) is 6.54 Å². The molecule has 0 aliphatic carbocycles. The minimum absolute atomic E-state index is 0.00645. The minimum atomic E-state index is -0.0756. The van der Waals surface area contributed by atoms with Crippen molar-refractivity contribution in [3.63, 3.8) is 0 Å². The van der Waals surface area contributed by atoms with Crippen LogP contribution in [0, 0.1) is 0 Å². The number of benzene rings is 1. The molecule has 108 valence electrons. The normalized spacial score (nSPS) is 13.3. The summed E-state index contributed by atoms with van der Waals surface area (Å²) in [6.07, 6.45) is 1.94. The molecule has 0 atom stereocenters. The number of nitrogens with zero attached hydrogens (tertiary/aromatic N) is 2. The summed E-state index contributed by atoms with van der Waals surface area (Å²) in [6.45, 7) is 1.44. The first-order valence-electron chi connectivity index (χ1n) is 6.86. The Morgan fingerprint density at radius 3 is 2.95 bits per heavy atom. The van der Waals surface area contributed by atoms with Crippen molar-refractivity contribution >= 4 is 11.8 Å². The molecule has 6 nitrogen and oxygen atoms in total. The van der Waals surface area contributed by atoms with E-state index in [1.54, 1.807) is 17.2 Å². The summed E-state index contributed by atoms with van der Waals surface area (Å²) >= 11 is 0. The number of carbonyl (C=O) groups excluding carboxylic acids is 2. The largest absolute Gasteiger partial charge is 0.350 e. The van der Waals surface area contributed by atoms with Gasteiger partial charge in [-0.05, 0) is 17.7 Å². The summed E-state index contributed by atoms with van der Waals surface area (Å²) in [5, 5.41) is 9.39. The molecule has 1 aromatic heterocycles. The summed E-state index contributed by atoms with van der Waals surface area (Å²) in [5.41, 5.74) is 2.63. The number of nitrogens with one attached hydrogen (secondary N) is 2. The van der Waals surface area contributed by atoms with Crippen molar-refractivity contribution in [3.8, 4) is 0 Å². The second-order valence-corrected chi connectivity index (χ2v) is 4.99. The van der Waals surface area contributed by atoms with E-state index < -0.39 is 0 Å². The topological polar surface area (TPSA) is 78.1 Å². The third kappa shape index (κ3) is 2.94. The van der Waals surface area contributed by atoms with Gasteiger partial charge in [-0.15, -0.1) is 0 Å². The number of rotatable bonds is 5. The van der Waals surface area contributed by atoms with E-state index in [4.69, 9.17) is 0 Å². The third-order valence-electron chi connectivity index (χ3n) is 3.54. The smallest absolute Gasteiger partial charge is 0.254 e. The Labute approximate surface area is 122 Å². The van der Waals surface area contributed by atoms with Gasteiger partial charge in [0.15, 0.2) is 0 Å². The monoisotopic (exact) mass is 284 g/mol. The summed E-state index contributed by atoms with van der Waals surface area (Å²) in [7, 11) is 0. The Kier molecular flexibility index (Phi) is 3.68. The maximum absolute atomic E-state index is 12.1. The lowest BCUT2D eigenvalue weighted by Gasteiger charge is -2.15. The van der Waals surface area contributed by atoms with E-state index in [2.05, 4.69) is 15.5 Å². The highest BCUT2D eigenvalue weighted by Gasteiger charge is 2.26. The van der Waals surface area contributed by atoms with Gasteiger partial charge in [-0.2, -0.15) is 5.10 Å². The molecule has 0 fully saturated rings. The Hall–Kier alpha value is -2.63. The molecule has 2 heterocycles. The molecule has 2 aromatic rings. The SMILES string of the molecule is O=C(CCN1Cc2ccccc2C1=O)NCc1ccn[nH]1. The third-order valence-corrected chi connectivity index (χ3v) is 3.54. The highest BCUT2D eigenvalue weighted by Crippen LogP contribution is 2.22. The molecule has 1 aliphatic heterocycles. The van der Waals surface area contributed by atoms with Crippen molar-refractivity contribution in [1.29, 1.82) is 0 Å². The molecular weight excluding hydrogens is 268 g/mol. The molecule has 0 bridgehead atoms. The molecule has 0 saturated heterocycles. The van der Waals surface area contributed by atoms with Crippen LogP contribution >= 0.6 is 0 Å². The maximum atomic E-state index is 12.1. The van der Waals surface area contributed by atoms with Crippen molar-refractivity contribution in [3.05, 3.63) is 53.3 Å². The number of fused-ring (bicyclic) bond motifs is 1. The number of hydrogen-bond donors (Lipinski definition) is 2. The van der Waals surface area contributed by atoms with Crippen LogP contribution in [0.15, 0.2) is 36.5 Å². The van der Waals surface area contributed by atoms with Gasteiger partial charge in [0.1, 0.15) is 0 Å². The van der Waals surface area contributed by atoms with Gasteiger partial charge in [-0.25, -0.2) is 0 Å². The van der Waals surface area contributed by atoms with Gasteiger partial charge in [0.25, 0.3) is 5.91 Å². The first kappa shape index (κ1) is 13.4. The van der Waals surface area contributed by atoms with Crippen molar-refractivity contribution in [2.24, 2.45) is 0 Å². The molecule has 0 radical (unpaired) electrons. The second-order valence-electron chi connectivity index (χ2n) is 4.99. The van der Waals surface area contributed by atoms with Gasteiger partial charge < -0.3 is 10.2 Å². The molecule has 1 aromatic carbocycles. The number of hydrogen-bond acceptors (Lipinski definition) is 3. The van der Waals surface area contributed by atoms with Gasteiger partial charge in [0, 0.05) is 31.3 Å². The second kappa shape index (κ2) is 5.78. The Morgan fingerprint density at radius 1 is 1.33 bits per heavy atom. The van der Waals surface area contributed by atoms with Crippen molar-refractivity contribution < 1.29 is 9.59 Å². The fourth-order valence-corrected chi connectivity index (χ4v) is 2.40. The lowest BCUT2D eigenvalue weighted by atomic mass is 10.1. The average molecular weight is 284 g/mol. The fraction of sp³-hybridized carbons (Fsp3) is 0.267. The molecular formula is C15H16N4O2. The first-order chi connectivity index (χ1) is 10.2. The van der Waals surface area contributed by atoms with E-state index in [0.29, 0.717) is 26.1 Å². The zero-order valence-corrected chi connectivity index (χ0v) is 11.5. The summed E-state index contributed by atoms with van der Waals surface area (Å²) in [6, 6.07) is 9.37. The molecule has 2 N–H and O–H groups in total. The Bertz CT molecular complexity index is 651. The van der Waals surface area contributed by atoms with Crippen LogP contribution in [0.1, 0.15) is 28.0 Å². The fourth-order valence-electron chi connectivity index (χ4n) is 2.40. The highest BCUT2D eigenvalue weighted by molar-refractivity contribution is 5.98.